The first-order valence-corrected chi connectivity index (χ1v) is 12.1. The van der Waals surface area contributed by atoms with Crippen molar-refractivity contribution < 1.29 is 19.8 Å². The fourth-order valence-electron chi connectivity index (χ4n) is 4.20. The van der Waals surface area contributed by atoms with Gasteiger partial charge in [0.15, 0.2) is 5.69 Å². The highest BCUT2D eigenvalue weighted by atomic mass is 16.4. The Kier molecular flexibility index (Phi) is 8.10. The van der Waals surface area contributed by atoms with Crippen LogP contribution in [0, 0.1) is 5.41 Å². The monoisotopic (exact) mass is 498 g/mol. The summed E-state index contributed by atoms with van der Waals surface area (Å²) in [4.78, 5) is 24.9. The van der Waals surface area contributed by atoms with Gasteiger partial charge in [0.25, 0.3) is 5.91 Å². The van der Waals surface area contributed by atoms with E-state index in [2.05, 4.69) is 15.6 Å². The number of carboxylic acid groups (broad SMARTS) is 1. The van der Waals surface area contributed by atoms with Crippen LogP contribution in [0.1, 0.15) is 35.0 Å². The van der Waals surface area contributed by atoms with E-state index in [0.29, 0.717) is 13.0 Å². The molecule has 4 rings (SSSR count). The van der Waals surface area contributed by atoms with Gasteiger partial charge in [0, 0.05) is 6.04 Å². The number of aliphatic hydroxyl groups excluding tert-OH is 1. The molecule has 0 spiro atoms. The van der Waals surface area contributed by atoms with Crippen molar-refractivity contribution in [3.63, 3.8) is 0 Å². The van der Waals surface area contributed by atoms with Crippen LogP contribution in [0.4, 0.5) is 0 Å². The number of amides is 1. The molecule has 1 aromatic heterocycles. The van der Waals surface area contributed by atoms with Gasteiger partial charge < -0.3 is 15.5 Å². The van der Waals surface area contributed by atoms with E-state index >= 15 is 0 Å². The molecule has 0 saturated heterocycles. The van der Waals surface area contributed by atoms with E-state index in [9.17, 15) is 19.8 Å². The molecule has 0 radical (unpaired) electrons. The number of aliphatic hydroxyl groups is 1. The number of hydrogen-bond acceptors (Lipinski definition) is 5. The standard InChI is InChI=1S/C29H30N4O4/c1-29(20-34,28(36)37)17-25(16-21-12-14-24(15-13-21)23-10-6-3-7-11-23)30-27(35)26-19-33(32-31-26)18-22-8-4-2-5-9-22/h2-15,19,25,34H,16-18,20H2,1H3,(H,30,35)(H,36,37). The average Bonchev–Trinajstić information content (AvgIpc) is 3.38. The first-order valence-electron chi connectivity index (χ1n) is 12.1. The van der Waals surface area contributed by atoms with Crippen LogP contribution in [0.25, 0.3) is 11.1 Å². The first kappa shape index (κ1) is 25.8. The largest absolute Gasteiger partial charge is 0.481 e. The molecule has 1 heterocycles. The third-order valence-electron chi connectivity index (χ3n) is 6.40. The maximum atomic E-state index is 13.1. The van der Waals surface area contributed by atoms with Crippen molar-refractivity contribution in [2.45, 2.75) is 32.4 Å². The van der Waals surface area contributed by atoms with Gasteiger partial charge in [-0.1, -0.05) is 90.1 Å². The van der Waals surface area contributed by atoms with Crippen molar-refractivity contribution in [1.29, 1.82) is 0 Å². The number of carbonyl (C=O) groups is 2. The van der Waals surface area contributed by atoms with E-state index in [0.717, 1.165) is 22.3 Å². The van der Waals surface area contributed by atoms with Gasteiger partial charge in [0.2, 0.25) is 0 Å². The van der Waals surface area contributed by atoms with Crippen LogP contribution in [0.5, 0.6) is 0 Å². The van der Waals surface area contributed by atoms with E-state index in [4.69, 9.17) is 0 Å². The number of nitrogens with zero attached hydrogens (tertiary/aromatic N) is 3. The summed E-state index contributed by atoms with van der Waals surface area (Å²) < 4.78 is 1.58. The highest BCUT2D eigenvalue weighted by Crippen LogP contribution is 2.26. The summed E-state index contributed by atoms with van der Waals surface area (Å²) in [6.07, 6.45) is 2.00. The molecule has 1 amide bonds. The maximum absolute atomic E-state index is 13.1. The van der Waals surface area contributed by atoms with E-state index in [1.807, 2.05) is 84.9 Å². The Hall–Kier alpha value is -4.30. The summed E-state index contributed by atoms with van der Waals surface area (Å²) >= 11 is 0. The van der Waals surface area contributed by atoms with Crippen molar-refractivity contribution >= 4 is 11.9 Å². The summed E-state index contributed by atoms with van der Waals surface area (Å²) in [5, 5.41) is 30.5. The van der Waals surface area contributed by atoms with Crippen LogP contribution in [0.15, 0.2) is 91.1 Å². The van der Waals surface area contributed by atoms with E-state index in [-0.39, 0.29) is 12.1 Å². The van der Waals surface area contributed by atoms with Crippen molar-refractivity contribution in [3.05, 3.63) is 108 Å². The van der Waals surface area contributed by atoms with E-state index in [1.54, 1.807) is 10.9 Å². The molecular formula is C29H30N4O4. The topological polar surface area (TPSA) is 117 Å². The molecule has 0 aliphatic heterocycles. The molecule has 8 nitrogen and oxygen atoms in total. The lowest BCUT2D eigenvalue weighted by Crippen LogP contribution is -2.44. The summed E-state index contributed by atoms with van der Waals surface area (Å²) in [7, 11) is 0. The predicted molar refractivity (Wildman–Crippen MR) is 140 cm³/mol. The van der Waals surface area contributed by atoms with Gasteiger partial charge >= 0.3 is 5.97 Å². The van der Waals surface area contributed by atoms with E-state index in [1.165, 1.54) is 6.92 Å². The van der Waals surface area contributed by atoms with Gasteiger partial charge in [-0.2, -0.15) is 0 Å². The first-order chi connectivity index (χ1) is 17.9. The fourth-order valence-corrected chi connectivity index (χ4v) is 4.20. The Balaban J connectivity index is 1.50. The van der Waals surface area contributed by atoms with Gasteiger partial charge in [-0.25, -0.2) is 4.68 Å². The van der Waals surface area contributed by atoms with Crippen LogP contribution in [0.3, 0.4) is 0 Å². The van der Waals surface area contributed by atoms with Crippen LogP contribution < -0.4 is 5.32 Å². The molecule has 0 saturated carbocycles. The zero-order valence-electron chi connectivity index (χ0n) is 20.6. The zero-order valence-corrected chi connectivity index (χ0v) is 20.6. The predicted octanol–water partition coefficient (Wildman–Crippen LogP) is 3.81. The quantitative estimate of drug-likeness (QED) is 0.290. The molecule has 0 aliphatic rings. The second-order valence-electron chi connectivity index (χ2n) is 9.45. The number of benzene rings is 3. The summed E-state index contributed by atoms with van der Waals surface area (Å²) in [6.45, 7) is 1.40. The van der Waals surface area contributed by atoms with Crippen LogP contribution in [-0.4, -0.2) is 49.7 Å². The molecule has 0 bridgehead atoms. The van der Waals surface area contributed by atoms with Crippen molar-refractivity contribution in [2.75, 3.05) is 6.61 Å². The molecule has 2 atom stereocenters. The number of aliphatic carboxylic acids is 1. The van der Waals surface area contributed by atoms with Crippen LogP contribution in [0.2, 0.25) is 0 Å². The van der Waals surface area contributed by atoms with E-state index < -0.39 is 29.9 Å². The summed E-state index contributed by atoms with van der Waals surface area (Å²) in [5.74, 6) is -1.57. The Labute approximate surface area is 215 Å². The minimum Gasteiger partial charge on any atom is -0.481 e. The number of carboxylic acids is 1. The molecule has 2 unspecified atom stereocenters. The molecule has 0 fully saturated rings. The van der Waals surface area contributed by atoms with Crippen LogP contribution in [-0.2, 0) is 17.8 Å². The zero-order chi connectivity index (χ0) is 26.3. The van der Waals surface area contributed by atoms with Gasteiger partial charge in [-0.3, -0.25) is 9.59 Å². The molecule has 190 valence electrons. The average molecular weight is 499 g/mol. The molecule has 3 aromatic carbocycles. The van der Waals surface area contributed by atoms with Gasteiger partial charge in [-0.05, 0) is 42.0 Å². The Bertz CT molecular complexity index is 1320. The number of nitrogens with one attached hydrogen (secondary N) is 1. The molecule has 0 aliphatic carbocycles. The highest BCUT2D eigenvalue weighted by Gasteiger charge is 2.36. The Morgan fingerprint density at radius 1 is 0.919 bits per heavy atom. The molecular weight excluding hydrogens is 468 g/mol. The van der Waals surface area contributed by atoms with Gasteiger partial charge in [0.1, 0.15) is 0 Å². The highest BCUT2D eigenvalue weighted by molar-refractivity contribution is 5.92. The minimum absolute atomic E-state index is 0.0448. The normalized spacial score (nSPS) is 13.5. The van der Waals surface area contributed by atoms with Gasteiger partial charge in [0.05, 0.1) is 24.8 Å². The van der Waals surface area contributed by atoms with Crippen LogP contribution >= 0.6 is 0 Å². The number of aromatic nitrogens is 3. The molecule has 8 heteroatoms. The molecule has 4 aromatic rings. The summed E-state index contributed by atoms with van der Waals surface area (Å²) in [5.41, 5.74) is 2.84. The second-order valence-corrected chi connectivity index (χ2v) is 9.45. The fraction of sp³-hybridized carbons (Fsp3) is 0.241. The van der Waals surface area contributed by atoms with Crippen molar-refractivity contribution in [1.82, 2.24) is 20.3 Å². The summed E-state index contributed by atoms with van der Waals surface area (Å²) in [6, 6.07) is 27.1. The Morgan fingerprint density at radius 3 is 2.16 bits per heavy atom. The second kappa shape index (κ2) is 11.6. The van der Waals surface area contributed by atoms with Crippen molar-refractivity contribution in [3.8, 4) is 11.1 Å². The lowest BCUT2D eigenvalue weighted by atomic mass is 9.82. The lowest BCUT2D eigenvalue weighted by molar-refractivity contribution is -0.151. The molecule has 3 N–H and O–H groups in total. The number of hydrogen-bond donors (Lipinski definition) is 3. The SMILES string of the molecule is CC(CO)(CC(Cc1ccc(-c2ccccc2)cc1)NC(=O)c1cn(Cc2ccccc2)nn1)C(=O)O. The third kappa shape index (κ3) is 6.68. The maximum Gasteiger partial charge on any atom is 0.311 e. The lowest BCUT2D eigenvalue weighted by Gasteiger charge is -2.28. The van der Waals surface area contributed by atoms with Gasteiger partial charge in [-0.15, -0.1) is 5.10 Å². The smallest absolute Gasteiger partial charge is 0.311 e. The number of carbonyl (C=O) groups excluding carboxylic acids is 1. The molecule has 37 heavy (non-hydrogen) atoms. The minimum atomic E-state index is -1.41. The third-order valence-corrected chi connectivity index (χ3v) is 6.40. The number of rotatable bonds is 11. The Morgan fingerprint density at radius 2 is 1.54 bits per heavy atom. The van der Waals surface area contributed by atoms with Crippen molar-refractivity contribution in [2.24, 2.45) is 5.41 Å².